The molecule has 6 nitrogen and oxygen atoms in total. The molecule has 0 aliphatic carbocycles. The number of aromatic nitrogens is 2. The van der Waals surface area contributed by atoms with E-state index >= 15 is 4.39 Å². The molecule has 0 saturated carbocycles. The highest BCUT2D eigenvalue weighted by molar-refractivity contribution is 6.00. The fraction of sp³-hybridized carbons (Fsp3) is 0.533. The van der Waals surface area contributed by atoms with Gasteiger partial charge >= 0.3 is 0 Å². The molecule has 2 aromatic rings. The molecular formula is C30H39FN4O2. The summed E-state index contributed by atoms with van der Waals surface area (Å²) in [5.41, 5.74) is 2.53. The van der Waals surface area contributed by atoms with E-state index in [1.165, 1.54) is 12.3 Å². The molecule has 2 heterocycles. The average molecular weight is 507 g/mol. The van der Waals surface area contributed by atoms with Crippen molar-refractivity contribution >= 4 is 17.1 Å². The highest BCUT2D eigenvalue weighted by Crippen LogP contribution is 2.49. The van der Waals surface area contributed by atoms with Crippen LogP contribution < -0.4 is 4.74 Å². The number of ether oxygens (including phenoxy) is 2. The number of nitrogens with zero attached hydrogens (tertiary/aromatic N) is 3. The first kappa shape index (κ1) is 28.5. The Hall–Kier alpha value is -3.11. The SMILES string of the molecule is C#CCOc1cnc(C(CC)=Nc2ccc(F)c(C3(C(CC)CC(=N)C(C)(C)C)COCC3C)c2)cn1. The zero-order chi connectivity index (χ0) is 27.2. The standard InChI is InChI=1S/C30H39FN4O2/c1-8-13-37-28-17-33-26(16-34-28)25(10-3)35-22-11-12-24(31)23(15-22)30(19-36-18-20(30)4)21(9-2)14-27(32)29(5,6)7/h1,11-12,15-17,20-21,32H,9-10,13-14,18-19H2,2-7H3. The van der Waals surface area contributed by atoms with Crippen molar-refractivity contribution in [2.75, 3.05) is 19.8 Å². The van der Waals surface area contributed by atoms with Crippen LogP contribution in [0.25, 0.3) is 0 Å². The second kappa shape index (κ2) is 12.0. The summed E-state index contributed by atoms with van der Waals surface area (Å²) in [6.45, 7) is 13.5. The van der Waals surface area contributed by atoms with Crippen LogP contribution in [-0.4, -0.2) is 41.2 Å². The molecular weight excluding hydrogens is 467 g/mol. The van der Waals surface area contributed by atoms with E-state index in [0.29, 0.717) is 54.6 Å². The number of terminal acetylenes is 1. The molecule has 0 amide bonds. The number of nitrogens with one attached hydrogen (secondary N) is 1. The minimum absolute atomic E-state index is 0.0671. The van der Waals surface area contributed by atoms with Crippen LogP contribution >= 0.6 is 0 Å². The van der Waals surface area contributed by atoms with Gasteiger partial charge in [0.2, 0.25) is 5.88 Å². The number of benzene rings is 1. The summed E-state index contributed by atoms with van der Waals surface area (Å²) in [4.78, 5) is 13.5. The molecule has 1 saturated heterocycles. The van der Waals surface area contributed by atoms with Gasteiger partial charge in [0.05, 0.1) is 37.0 Å². The highest BCUT2D eigenvalue weighted by atomic mass is 19.1. The lowest BCUT2D eigenvalue weighted by atomic mass is 9.61. The Labute approximate surface area is 220 Å². The Morgan fingerprint density at radius 3 is 2.62 bits per heavy atom. The summed E-state index contributed by atoms with van der Waals surface area (Å²) in [5, 5.41) is 8.73. The van der Waals surface area contributed by atoms with Gasteiger partial charge in [0.25, 0.3) is 0 Å². The topological polar surface area (TPSA) is 80.5 Å². The zero-order valence-corrected chi connectivity index (χ0v) is 22.9. The Bertz CT molecular complexity index is 1160. The molecule has 1 aromatic heterocycles. The number of hydrogen-bond donors (Lipinski definition) is 1. The predicted octanol–water partition coefficient (Wildman–Crippen LogP) is 6.54. The number of aliphatic imine (C=N–C) groups is 1. The van der Waals surface area contributed by atoms with E-state index in [0.717, 1.165) is 12.1 Å². The maximum Gasteiger partial charge on any atom is 0.233 e. The lowest BCUT2D eigenvalue weighted by Gasteiger charge is -2.41. The van der Waals surface area contributed by atoms with E-state index in [2.05, 4.69) is 50.5 Å². The molecule has 1 aromatic carbocycles. The third-order valence-electron chi connectivity index (χ3n) is 7.44. The van der Waals surface area contributed by atoms with Gasteiger partial charge in [-0.3, -0.25) is 4.99 Å². The number of hydrogen-bond acceptors (Lipinski definition) is 6. The van der Waals surface area contributed by atoms with Gasteiger partial charge in [-0.25, -0.2) is 14.4 Å². The summed E-state index contributed by atoms with van der Waals surface area (Å²) in [5.74, 6) is 2.66. The first-order valence-electron chi connectivity index (χ1n) is 13.0. The van der Waals surface area contributed by atoms with Gasteiger partial charge in [0.15, 0.2) is 6.61 Å². The van der Waals surface area contributed by atoms with Crippen molar-refractivity contribution < 1.29 is 13.9 Å². The largest absolute Gasteiger partial charge is 0.463 e. The van der Waals surface area contributed by atoms with E-state index in [9.17, 15) is 0 Å². The summed E-state index contributed by atoms with van der Waals surface area (Å²) in [7, 11) is 0. The Kier molecular flexibility index (Phi) is 9.20. The summed E-state index contributed by atoms with van der Waals surface area (Å²) in [6, 6.07) is 5.05. The highest BCUT2D eigenvalue weighted by Gasteiger charge is 2.50. The van der Waals surface area contributed by atoms with Crippen LogP contribution in [-0.2, 0) is 10.2 Å². The molecule has 1 aliphatic rings. The fourth-order valence-corrected chi connectivity index (χ4v) is 5.09. The number of halogens is 1. The van der Waals surface area contributed by atoms with Crippen LogP contribution in [0.1, 0.15) is 72.1 Å². The quantitative estimate of drug-likeness (QED) is 0.293. The van der Waals surface area contributed by atoms with Gasteiger partial charge in [0.1, 0.15) is 11.5 Å². The van der Waals surface area contributed by atoms with Crippen molar-refractivity contribution in [2.24, 2.45) is 22.2 Å². The van der Waals surface area contributed by atoms with Crippen molar-refractivity contribution in [2.45, 2.75) is 66.2 Å². The summed E-state index contributed by atoms with van der Waals surface area (Å²) < 4.78 is 26.9. The molecule has 7 heteroatoms. The number of rotatable bonds is 10. The van der Waals surface area contributed by atoms with Crippen LogP contribution in [0.3, 0.4) is 0 Å². The van der Waals surface area contributed by atoms with E-state index in [1.54, 1.807) is 12.3 Å². The monoisotopic (exact) mass is 506 g/mol. The maximum atomic E-state index is 15.6. The average Bonchev–Trinajstić information content (AvgIpc) is 3.26. The van der Waals surface area contributed by atoms with Crippen molar-refractivity contribution in [3.63, 3.8) is 0 Å². The van der Waals surface area contributed by atoms with E-state index in [-0.39, 0.29) is 29.7 Å². The lowest BCUT2D eigenvalue weighted by Crippen LogP contribution is -2.43. The van der Waals surface area contributed by atoms with Gasteiger partial charge in [-0.05, 0) is 53.9 Å². The summed E-state index contributed by atoms with van der Waals surface area (Å²) in [6.07, 6.45) is 10.4. The van der Waals surface area contributed by atoms with E-state index < -0.39 is 5.41 Å². The first-order chi connectivity index (χ1) is 17.6. The molecule has 3 rings (SSSR count). The molecule has 198 valence electrons. The van der Waals surface area contributed by atoms with Crippen molar-refractivity contribution in [1.82, 2.24) is 9.97 Å². The van der Waals surface area contributed by atoms with Gasteiger partial charge in [-0.1, -0.05) is 53.9 Å². The third kappa shape index (κ3) is 6.24. The second-order valence-electron chi connectivity index (χ2n) is 10.8. The van der Waals surface area contributed by atoms with Crippen LogP contribution in [0.2, 0.25) is 0 Å². The Balaban J connectivity index is 2.03. The molecule has 3 unspecified atom stereocenters. The van der Waals surface area contributed by atoms with Gasteiger partial charge in [0, 0.05) is 11.1 Å². The van der Waals surface area contributed by atoms with Gasteiger partial charge < -0.3 is 14.9 Å². The van der Waals surface area contributed by atoms with E-state index in [4.69, 9.17) is 26.3 Å². The van der Waals surface area contributed by atoms with Gasteiger partial charge in [-0.15, -0.1) is 6.42 Å². The van der Waals surface area contributed by atoms with Crippen LogP contribution in [0, 0.1) is 40.8 Å². The smallest absolute Gasteiger partial charge is 0.233 e. The van der Waals surface area contributed by atoms with Crippen LogP contribution in [0.15, 0.2) is 35.6 Å². The van der Waals surface area contributed by atoms with Crippen molar-refractivity contribution in [3.8, 4) is 18.2 Å². The first-order valence-corrected chi connectivity index (χ1v) is 13.0. The van der Waals surface area contributed by atoms with Crippen LogP contribution in [0.4, 0.5) is 10.1 Å². The Morgan fingerprint density at radius 1 is 1.32 bits per heavy atom. The molecule has 1 fully saturated rings. The van der Waals surface area contributed by atoms with Gasteiger partial charge in [-0.2, -0.15) is 0 Å². The fourth-order valence-electron chi connectivity index (χ4n) is 5.09. The molecule has 37 heavy (non-hydrogen) atoms. The zero-order valence-electron chi connectivity index (χ0n) is 22.9. The normalized spacial score (nSPS) is 20.9. The summed E-state index contributed by atoms with van der Waals surface area (Å²) >= 11 is 0. The lowest BCUT2D eigenvalue weighted by molar-refractivity contribution is 0.150. The van der Waals surface area contributed by atoms with E-state index in [1.807, 2.05) is 13.0 Å². The van der Waals surface area contributed by atoms with Crippen LogP contribution in [0.5, 0.6) is 5.88 Å². The molecule has 1 aliphatic heterocycles. The molecule has 0 bridgehead atoms. The predicted molar refractivity (Wildman–Crippen MR) is 146 cm³/mol. The minimum atomic E-state index is -0.538. The van der Waals surface area contributed by atoms with Crippen molar-refractivity contribution in [3.05, 3.63) is 47.7 Å². The molecule has 0 spiro atoms. The minimum Gasteiger partial charge on any atom is -0.463 e. The second-order valence-corrected chi connectivity index (χ2v) is 10.8. The van der Waals surface area contributed by atoms with Crippen molar-refractivity contribution in [1.29, 1.82) is 5.41 Å². The Morgan fingerprint density at radius 2 is 2.08 bits per heavy atom. The third-order valence-corrected chi connectivity index (χ3v) is 7.44. The molecule has 1 N–H and O–H groups in total. The maximum absolute atomic E-state index is 15.6. The molecule has 3 atom stereocenters. The molecule has 0 radical (unpaired) electrons.